The van der Waals surface area contributed by atoms with Gasteiger partial charge in [0, 0.05) is 18.0 Å². The second-order valence-electron chi connectivity index (χ2n) is 10.6. The molecule has 0 aromatic carbocycles. The standard InChI is InChI=1S/C25H41N3O4S/c1-15(2)18(13-16(3)23(31)32)28(10)22(30)20(24(4,5)6)27-21(29)19(26-9)25(7,8)17-11-12-33-14-17/h11-15,18-20,26H,1-10H3,(H,27,29)(H,31,32)/b16-13+/t18-,19-,20-/m1/s1. The lowest BCUT2D eigenvalue weighted by Gasteiger charge is -2.39. The second-order valence-corrected chi connectivity index (χ2v) is 11.4. The van der Waals surface area contributed by atoms with E-state index < -0.39 is 34.9 Å². The average Bonchev–Trinajstić information content (AvgIpc) is 3.23. The zero-order valence-electron chi connectivity index (χ0n) is 21.6. The molecule has 1 heterocycles. The lowest BCUT2D eigenvalue weighted by molar-refractivity contribution is -0.141. The smallest absolute Gasteiger partial charge is 0.331 e. The molecule has 7 nitrogen and oxygen atoms in total. The Morgan fingerprint density at radius 3 is 2.09 bits per heavy atom. The summed E-state index contributed by atoms with van der Waals surface area (Å²) in [5.74, 6) is -1.54. The molecule has 0 aliphatic rings. The fourth-order valence-corrected chi connectivity index (χ4v) is 4.75. The van der Waals surface area contributed by atoms with Crippen LogP contribution in [0.3, 0.4) is 0 Å². The topological polar surface area (TPSA) is 98.7 Å². The van der Waals surface area contributed by atoms with Crippen LogP contribution in [0.15, 0.2) is 28.5 Å². The Kier molecular flexibility index (Phi) is 9.87. The molecule has 1 aromatic rings. The van der Waals surface area contributed by atoms with Crippen LogP contribution in [0.5, 0.6) is 0 Å². The van der Waals surface area contributed by atoms with E-state index in [2.05, 4.69) is 10.6 Å². The molecular weight excluding hydrogens is 438 g/mol. The lowest BCUT2D eigenvalue weighted by Crippen LogP contribution is -2.61. The average molecular weight is 480 g/mol. The summed E-state index contributed by atoms with van der Waals surface area (Å²) in [4.78, 5) is 40.0. The number of carbonyl (C=O) groups excluding carboxylic acids is 2. The highest BCUT2D eigenvalue weighted by Crippen LogP contribution is 2.30. The first-order valence-electron chi connectivity index (χ1n) is 11.2. The summed E-state index contributed by atoms with van der Waals surface area (Å²) in [6.07, 6.45) is 1.60. The summed E-state index contributed by atoms with van der Waals surface area (Å²) >= 11 is 1.58. The molecule has 186 valence electrons. The van der Waals surface area contributed by atoms with E-state index in [0.29, 0.717) is 0 Å². The van der Waals surface area contributed by atoms with Crippen molar-refractivity contribution < 1.29 is 19.5 Å². The zero-order valence-corrected chi connectivity index (χ0v) is 22.5. The van der Waals surface area contributed by atoms with Gasteiger partial charge >= 0.3 is 5.97 Å². The van der Waals surface area contributed by atoms with Crippen molar-refractivity contribution in [1.29, 1.82) is 0 Å². The summed E-state index contributed by atoms with van der Waals surface area (Å²) in [6, 6.07) is 0.249. The molecule has 33 heavy (non-hydrogen) atoms. The largest absolute Gasteiger partial charge is 0.478 e. The molecule has 8 heteroatoms. The fourth-order valence-electron chi connectivity index (χ4n) is 3.92. The summed E-state index contributed by atoms with van der Waals surface area (Å²) in [6.45, 7) is 15.1. The number of nitrogens with zero attached hydrogens (tertiary/aromatic N) is 1. The van der Waals surface area contributed by atoms with Crippen molar-refractivity contribution >= 4 is 29.1 Å². The normalized spacial score (nSPS) is 15.7. The van der Waals surface area contributed by atoms with Crippen LogP contribution >= 0.6 is 11.3 Å². The van der Waals surface area contributed by atoms with Gasteiger partial charge in [-0.1, -0.05) is 54.5 Å². The first kappa shape index (κ1) is 28.8. The Balaban J connectivity index is 3.26. The van der Waals surface area contributed by atoms with E-state index in [-0.39, 0.29) is 23.3 Å². The fraction of sp³-hybridized carbons (Fsp3) is 0.640. The lowest BCUT2D eigenvalue weighted by atomic mass is 9.78. The SMILES string of the molecule is CN[C@H](C(=O)N[C@H](C(=O)N(C)[C@H](/C=C(\C)C(=O)O)C(C)C)C(C)(C)C)C(C)(C)c1ccsc1. The van der Waals surface area contributed by atoms with Crippen molar-refractivity contribution in [2.45, 2.75) is 78.9 Å². The minimum atomic E-state index is -1.02. The monoisotopic (exact) mass is 479 g/mol. The molecule has 0 unspecified atom stereocenters. The number of carboxylic acids is 1. The highest BCUT2D eigenvalue weighted by atomic mass is 32.1. The molecule has 3 N–H and O–H groups in total. The van der Waals surface area contributed by atoms with Gasteiger partial charge in [0.15, 0.2) is 0 Å². The van der Waals surface area contributed by atoms with Gasteiger partial charge in [-0.3, -0.25) is 9.59 Å². The van der Waals surface area contributed by atoms with Crippen LogP contribution in [0.25, 0.3) is 0 Å². The number of aliphatic carboxylic acids is 1. The summed E-state index contributed by atoms with van der Waals surface area (Å²) in [5.41, 5.74) is 0.182. The molecule has 0 aliphatic heterocycles. The molecule has 1 aromatic heterocycles. The van der Waals surface area contributed by atoms with Gasteiger partial charge in [0.25, 0.3) is 0 Å². The van der Waals surface area contributed by atoms with Crippen LogP contribution in [0, 0.1) is 11.3 Å². The minimum Gasteiger partial charge on any atom is -0.478 e. The van der Waals surface area contributed by atoms with E-state index in [1.54, 1.807) is 36.4 Å². The molecule has 0 saturated heterocycles. The van der Waals surface area contributed by atoms with E-state index in [4.69, 9.17) is 0 Å². The first-order valence-corrected chi connectivity index (χ1v) is 12.2. The number of carboxylic acid groups (broad SMARTS) is 1. The predicted molar refractivity (Wildman–Crippen MR) is 134 cm³/mol. The van der Waals surface area contributed by atoms with E-state index >= 15 is 0 Å². The van der Waals surface area contributed by atoms with Gasteiger partial charge in [0.1, 0.15) is 6.04 Å². The van der Waals surface area contributed by atoms with Crippen molar-refractivity contribution in [1.82, 2.24) is 15.5 Å². The van der Waals surface area contributed by atoms with Gasteiger partial charge in [0.2, 0.25) is 11.8 Å². The maximum atomic E-state index is 13.6. The van der Waals surface area contributed by atoms with E-state index in [0.717, 1.165) is 5.56 Å². The Hall–Kier alpha value is -2.19. The number of hydrogen-bond acceptors (Lipinski definition) is 5. The van der Waals surface area contributed by atoms with E-state index in [1.807, 2.05) is 65.3 Å². The summed E-state index contributed by atoms with van der Waals surface area (Å²) in [5, 5.41) is 19.4. The van der Waals surface area contributed by atoms with Crippen LogP contribution in [0.2, 0.25) is 0 Å². The molecular formula is C25H41N3O4S. The Morgan fingerprint density at radius 1 is 1.12 bits per heavy atom. The number of rotatable bonds is 10. The van der Waals surface area contributed by atoms with Gasteiger partial charge < -0.3 is 20.6 Å². The van der Waals surface area contributed by atoms with Crippen LogP contribution in [0.1, 0.15) is 61.0 Å². The maximum absolute atomic E-state index is 13.6. The zero-order chi connectivity index (χ0) is 25.7. The highest BCUT2D eigenvalue weighted by molar-refractivity contribution is 7.08. The molecule has 0 spiro atoms. The second kappa shape index (κ2) is 11.3. The van der Waals surface area contributed by atoms with Crippen molar-refractivity contribution in [2.75, 3.05) is 14.1 Å². The number of nitrogens with one attached hydrogen (secondary N) is 2. The van der Waals surface area contributed by atoms with Gasteiger partial charge in [-0.05, 0) is 47.7 Å². The van der Waals surface area contributed by atoms with Crippen LogP contribution in [0.4, 0.5) is 0 Å². The molecule has 0 saturated carbocycles. The van der Waals surface area contributed by atoms with E-state index in [1.165, 1.54) is 6.92 Å². The Bertz CT molecular complexity index is 854. The van der Waals surface area contributed by atoms with Gasteiger partial charge in [-0.2, -0.15) is 11.3 Å². The number of amides is 2. The van der Waals surface area contributed by atoms with Crippen molar-refractivity contribution in [3.8, 4) is 0 Å². The summed E-state index contributed by atoms with van der Waals surface area (Å²) in [7, 11) is 3.40. The molecule has 0 radical (unpaired) electrons. The molecule has 0 fully saturated rings. The molecule has 2 amide bonds. The highest BCUT2D eigenvalue weighted by Gasteiger charge is 2.41. The van der Waals surface area contributed by atoms with Gasteiger partial charge in [-0.25, -0.2) is 4.79 Å². The maximum Gasteiger partial charge on any atom is 0.331 e. The van der Waals surface area contributed by atoms with Gasteiger partial charge in [-0.15, -0.1) is 0 Å². The van der Waals surface area contributed by atoms with E-state index in [9.17, 15) is 19.5 Å². The predicted octanol–water partition coefficient (Wildman–Crippen LogP) is 3.66. The third-order valence-corrected chi connectivity index (χ3v) is 6.86. The van der Waals surface area contributed by atoms with Crippen LogP contribution in [-0.4, -0.2) is 60.0 Å². The molecule has 0 aliphatic carbocycles. The van der Waals surface area contributed by atoms with Crippen LogP contribution in [-0.2, 0) is 19.8 Å². The minimum absolute atomic E-state index is 0.00727. The number of thiophene rings is 1. The molecule has 1 rings (SSSR count). The first-order chi connectivity index (χ1) is 15.0. The molecule has 3 atom stereocenters. The Labute approximate surface area is 202 Å². The van der Waals surface area contributed by atoms with Gasteiger partial charge in [0.05, 0.1) is 12.1 Å². The summed E-state index contributed by atoms with van der Waals surface area (Å²) < 4.78 is 0. The number of likely N-dealkylation sites (N-methyl/N-ethyl adjacent to an activating group) is 2. The third-order valence-electron chi connectivity index (χ3n) is 6.17. The van der Waals surface area contributed by atoms with Crippen molar-refractivity contribution in [2.24, 2.45) is 11.3 Å². The quantitative estimate of drug-likeness (QED) is 0.445. The number of hydrogen-bond donors (Lipinski definition) is 3. The number of carbonyl (C=O) groups is 3. The van der Waals surface area contributed by atoms with Crippen molar-refractivity contribution in [3.05, 3.63) is 34.0 Å². The van der Waals surface area contributed by atoms with Crippen LogP contribution < -0.4 is 10.6 Å². The molecule has 0 bridgehead atoms. The Morgan fingerprint density at radius 2 is 1.70 bits per heavy atom. The third kappa shape index (κ3) is 7.14. The van der Waals surface area contributed by atoms with Crippen molar-refractivity contribution in [3.63, 3.8) is 0 Å².